The van der Waals surface area contributed by atoms with Crippen molar-refractivity contribution < 1.29 is 24.1 Å². The van der Waals surface area contributed by atoms with Crippen LogP contribution < -0.4 is 24.7 Å². The largest absolute Gasteiger partial charge is 0.507 e. The summed E-state index contributed by atoms with van der Waals surface area (Å²) in [6.45, 7) is 0. The smallest absolute Gasteiger partial charge is 0.252 e. The monoisotopic (exact) mass is 442 g/mol. The van der Waals surface area contributed by atoms with Crippen LogP contribution in [0.4, 0.5) is 0 Å². The van der Waals surface area contributed by atoms with Gasteiger partial charge in [0.25, 0.3) is 5.91 Å². The van der Waals surface area contributed by atoms with E-state index < -0.39 is 5.91 Å². The second kappa shape index (κ2) is 9.35. The third kappa shape index (κ3) is 4.24. The first-order valence-corrected chi connectivity index (χ1v) is 9.93. The fourth-order valence-corrected chi connectivity index (χ4v) is 3.80. The Hall–Kier alpha value is -3.79. The van der Waals surface area contributed by atoms with Crippen molar-refractivity contribution in [2.24, 2.45) is 15.8 Å². The summed E-state index contributed by atoms with van der Waals surface area (Å²) in [6.07, 6.45) is 1.61. The third-order valence-corrected chi connectivity index (χ3v) is 5.39. The molecule has 0 saturated heterocycles. The number of phenols is 1. The normalized spacial score (nSPS) is 11.7. The fourth-order valence-electron chi connectivity index (χ4n) is 3.00. The molecule has 0 aliphatic carbocycles. The highest BCUT2D eigenvalue weighted by Crippen LogP contribution is 2.39. The number of aromatic hydroxyl groups is 1. The summed E-state index contributed by atoms with van der Waals surface area (Å²) >= 11 is 1.38. The van der Waals surface area contributed by atoms with Crippen LogP contribution in [0.3, 0.4) is 0 Å². The van der Waals surface area contributed by atoms with E-state index in [4.69, 9.17) is 19.9 Å². The van der Waals surface area contributed by atoms with Crippen molar-refractivity contribution in [3.8, 4) is 34.3 Å². The summed E-state index contributed by atoms with van der Waals surface area (Å²) in [5, 5.41) is 16.3. The Bertz CT molecular complexity index is 1210. The highest BCUT2D eigenvalue weighted by atomic mass is 32.1. The lowest BCUT2D eigenvalue weighted by Gasteiger charge is -2.13. The summed E-state index contributed by atoms with van der Waals surface area (Å²) in [4.78, 5) is 16.5. The van der Waals surface area contributed by atoms with Crippen LogP contribution >= 0.6 is 11.3 Å². The molecule has 162 valence electrons. The molecule has 0 bridgehead atoms. The maximum absolute atomic E-state index is 11.6. The van der Waals surface area contributed by atoms with Gasteiger partial charge < -0.3 is 25.1 Å². The lowest BCUT2D eigenvalue weighted by Crippen LogP contribution is -2.13. The van der Waals surface area contributed by atoms with Crippen molar-refractivity contribution in [1.82, 2.24) is 4.68 Å². The van der Waals surface area contributed by atoms with Crippen LogP contribution in [0.25, 0.3) is 11.3 Å². The zero-order valence-corrected chi connectivity index (χ0v) is 18.3. The van der Waals surface area contributed by atoms with Crippen LogP contribution in [0.1, 0.15) is 15.9 Å². The molecular formula is C21H22N4O5S. The van der Waals surface area contributed by atoms with E-state index in [1.165, 1.54) is 37.7 Å². The molecule has 0 radical (unpaired) electrons. The summed E-state index contributed by atoms with van der Waals surface area (Å²) < 4.78 is 17.9. The number of ether oxygens (including phenoxy) is 3. The van der Waals surface area contributed by atoms with E-state index in [9.17, 15) is 9.90 Å². The lowest BCUT2D eigenvalue weighted by atomic mass is 10.1. The van der Waals surface area contributed by atoms with Crippen molar-refractivity contribution >= 4 is 23.5 Å². The average molecular weight is 442 g/mol. The van der Waals surface area contributed by atoms with Crippen molar-refractivity contribution in [1.29, 1.82) is 0 Å². The summed E-state index contributed by atoms with van der Waals surface area (Å²) in [5.41, 5.74) is 7.37. The highest BCUT2D eigenvalue weighted by Gasteiger charge is 2.16. The minimum Gasteiger partial charge on any atom is -0.507 e. The SMILES string of the molecule is CN=c1scc(-c2ccc(O)c(C(N)=O)c2)n1/N=C/c1ccc(OC)c(OC)c1OC. The van der Waals surface area contributed by atoms with E-state index in [1.54, 1.807) is 43.2 Å². The van der Waals surface area contributed by atoms with E-state index in [-0.39, 0.29) is 11.3 Å². The van der Waals surface area contributed by atoms with Gasteiger partial charge in [-0.15, -0.1) is 11.3 Å². The first-order chi connectivity index (χ1) is 14.9. The standard InChI is InChI=1S/C21H22N4O5S/c1-23-21-25(15(11-31-21)12-5-7-16(26)14(9-12)20(22)27)24-10-13-6-8-17(28-2)19(30-4)18(13)29-3/h5-11,26H,1-4H3,(H2,22,27)/b23-21?,24-10+. The van der Waals surface area contributed by atoms with Gasteiger partial charge in [-0.3, -0.25) is 9.79 Å². The second-order valence-corrected chi connectivity index (χ2v) is 7.04. The van der Waals surface area contributed by atoms with Crippen LogP contribution in [0.15, 0.2) is 45.8 Å². The molecule has 1 amide bonds. The summed E-state index contributed by atoms with van der Waals surface area (Å²) in [6, 6.07) is 8.16. The highest BCUT2D eigenvalue weighted by molar-refractivity contribution is 7.07. The quantitative estimate of drug-likeness (QED) is 0.545. The number of methoxy groups -OCH3 is 3. The number of hydrogen-bond donors (Lipinski definition) is 2. The molecule has 0 aliphatic rings. The number of primary amides is 1. The topological polar surface area (TPSA) is 121 Å². The Morgan fingerprint density at radius 1 is 1.13 bits per heavy atom. The van der Waals surface area contributed by atoms with Gasteiger partial charge in [-0.2, -0.15) is 5.10 Å². The van der Waals surface area contributed by atoms with Gasteiger partial charge in [-0.05, 0) is 30.3 Å². The van der Waals surface area contributed by atoms with E-state index >= 15 is 0 Å². The molecule has 0 saturated carbocycles. The maximum atomic E-state index is 11.6. The molecule has 0 aliphatic heterocycles. The van der Waals surface area contributed by atoms with Gasteiger partial charge in [0, 0.05) is 23.6 Å². The van der Waals surface area contributed by atoms with Crippen LogP contribution in [-0.2, 0) is 0 Å². The Balaban J connectivity index is 2.12. The number of amides is 1. The molecule has 31 heavy (non-hydrogen) atoms. The van der Waals surface area contributed by atoms with E-state index in [0.29, 0.717) is 38.9 Å². The van der Waals surface area contributed by atoms with E-state index in [1.807, 2.05) is 5.38 Å². The molecule has 3 N–H and O–H groups in total. The number of nitrogens with two attached hydrogens (primary N) is 1. The molecule has 10 heteroatoms. The minimum absolute atomic E-state index is 0.0239. The zero-order valence-electron chi connectivity index (χ0n) is 17.4. The Morgan fingerprint density at radius 3 is 2.48 bits per heavy atom. The zero-order chi connectivity index (χ0) is 22.5. The van der Waals surface area contributed by atoms with Crippen molar-refractivity contribution in [2.45, 2.75) is 0 Å². The number of aromatic nitrogens is 1. The number of nitrogens with zero attached hydrogens (tertiary/aromatic N) is 3. The Kier molecular flexibility index (Phi) is 6.61. The molecule has 1 heterocycles. The van der Waals surface area contributed by atoms with Crippen molar-refractivity contribution in [2.75, 3.05) is 28.4 Å². The number of benzene rings is 2. The second-order valence-electron chi connectivity index (χ2n) is 6.20. The molecule has 1 aromatic heterocycles. The molecule has 2 aromatic carbocycles. The van der Waals surface area contributed by atoms with Gasteiger partial charge in [-0.1, -0.05) is 0 Å². The number of thiazole rings is 1. The lowest BCUT2D eigenvalue weighted by molar-refractivity contribution is 0.0998. The van der Waals surface area contributed by atoms with E-state index in [0.717, 1.165) is 0 Å². The molecule has 0 spiro atoms. The fraction of sp³-hybridized carbons (Fsp3) is 0.190. The average Bonchev–Trinajstić information content (AvgIpc) is 3.19. The third-order valence-electron chi connectivity index (χ3n) is 4.48. The Labute approximate surface area is 182 Å². The Morgan fingerprint density at radius 2 is 1.87 bits per heavy atom. The first-order valence-electron chi connectivity index (χ1n) is 9.05. The van der Waals surface area contributed by atoms with Gasteiger partial charge in [-0.25, -0.2) is 4.68 Å². The summed E-state index contributed by atoms with van der Waals surface area (Å²) in [5.74, 6) is 0.554. The van der Waals surface area contributed by atoms with Crippen LogP contribution in [0.5, 0.6) is 23.0 Å². The molecule has 0 atom stereocenters. The van der Waals surface area contributed by atoms with Crippen LogP contribution in [0.2, 0.25) is 0 Å². The number of rotatable bonds is 7. The van der Waals surface area contributed by atoms with Gasteiger partial charge in [0.15, 0.2) is 11.5 Å². The van der Waals surface area contributed by atoms with Gasteiger partial charge >= 0.3 is 0 Å². The molecule has 3 rings (SSSR count). The molecule has 3 aromatic rings. The predicted molar refractivity (Wildman–Crippen MR) is 119 cm³/mol. The number of carbonyl (C=O) groups excluding carboxylic acids is 1. The van der Waals surface area contributed by atoms with E-state index in [2.05, 4.69) is 10.1 Å². The van der Waals surface area contributed by atoms with Gasteiger partial charge in [0.2, 0.25) is 10.6 Å². The minimum atomic E-state index is -0.722. The predicted octanol–water partition coefficient (Wildman–Crippen LogP) is 2.46. The molecule has 0 fully saturated rings. The molecule has 9 nitrogen and oxygen atoms in total. The maximum Gasteiger partial charge on any atom is 0.252 e. The molecular weight excluding hydrogens is 420 g/mol. The van der Waals surface area contributed by atoms with Gasteiger partial charge in [0.1, 0.15) is 5.75 Å². The number of carbonyl (C=O) groups is 1. The summed E-state index contributed by atoms with van der Waals surface area (Å²) in [7, 11) is 6.27. The first kappa shape index (κ1) is 21.9. The number of hydrogen-bond acceptors (Lipinski definition) is 8. The van der Waals surface area contributed by atoms with Crippen LogP contribution in [0, 0.1) is 0 Å². The van der Waals surface area contributed by atoms with Crippen molar-refractivity contribution in [3.05, 3.63) is 51.6 Å². The van der Waals surface area contributed by atoms with Gasteiger partial charge in [0.05, 0.1) is 38.8 Å². The van der Waals surface area contributed by atoms with Crippen molar-refractivity contribution in [3.63, 3.8) is 0 Å². The van der Waals surface area contributed by atoms with Crippen LogP contribution in [-0.4, -0.2) is 50.3 Å². The molecule has 0 unspecified atom stereocenters.